The minimum Gasteiger partial charge on any atom is -0.314 e. The fourth-order valence-electron chi connectivity index (χ4n) is 2.76. The van der Waals surface area contributed by atoms with E-state index in [4.69, 9.17) is 0 Å². The van der Waals surface area contributed by atoms with E-state index in [1.54, 1.807) is 11.3 Å². The van der Waals surface area contributed by atoms with Crippen molar-refractivity contribution in [3.63, 3.8) is 0 Å². The van der Waals surface area contributed by atoms with E-state index in [2.05, 4.69) is 27.5 Å². The maximum Gasteiger partial charge on any atom is 0.0795 e. The highest BCUT2D eigenvalue weighted by molar-refractivity contribution is 7.07. The van der Waals surface area contributed by atoms with Gasteiger partial charge in [-0.2, -0.15) is 0 Å². The highest BCUT2D eigenvalue weighted by atomic mass is 32.1. The summed E-state index contributed by atoms with van der Waals surface area (Å²) in [4.78, 5) is 7.01. The van der Waals surface area contributed by atoms with E-state index in [9.17, 15) is 0 Å². The van der Waals surface area contributed by atoms with Gasteiger partial charge in [0.1, 0.15) is 0 Å². The predicted octanol–water partition coefficient (Wildman–Crippen LogP) is 2.67. The first kappa shape index (κ1) is 12.6. The summed E-state index contributed by atoms with van der Waals surface area (Å²) in [7, 11) is 0. The van der Waals surface area contributed by atoms with Gasteiger partial charge < -0.3 is 5.32 Å². The van der Waals surface area contributed by atoms with Crippen LogP contribution in [-0.2, 0) is 0 Å². The van der Waals surface area contributed by atoms with Crippen molar-refractivity contribution >= 4 is 11.3 Å². The summed E-state index contributed by atoms with van der Waals surface area (Å²) in [6.07, 6.45) is 5.49. The summed E-state index contributed by atoms with van der Waals surface area (Å²) < 4.78 is 0. The van der Waals surface area contributed by atoms with Crippen molar-refractivity contribution in [2.24, 2.45) is 5.92 Å². The highest BCUT2D eigenvalue weighted by Gasteiger charge is 2.26. The van der Waals surface area contributed by atoms with Crippen LogP contribution in [0.1, 0.15) is 44.3 Å². The lowest BCUT2D eigenvalue weighted by Gasteiger charge is -2.35. The minimum absolute atomic E-state index is 0.487. The first-order chi connectivity index (χ1) is 8.83. The number of nitrogens with one attached hydrogen (secondary N) is 1. The Hall–Kier alpha value is -0.450. The van der Waals surface area contributed by atoms with E-state index in [0.717, 1.165) is 12.0 Å². The van der Waals surface area contributed by atoms with Gasteiger partial charge in [0, 0.05) is 24.5 Å². The van der Waals surface area contributed by atoms with Crippen molar-refractivity contribution in [3.05, 3.63) is 16.6 Å². The van der Waals surface area contributed by atoms with Crippen LogP contribution in [-0.4, -0.2) is 35.6 Å². The summed E-state index contributed by atoms with van der Waals surface area (Å²) in [6, 6.07) is 1.24. The Morgan fingerprint density at radius 3 is 2.78 bits per heavy atom. The molecule has 0 aromatic carbocycles. The third kappa shape index (κ3) is 3.11. The van der Waals surface area contributed by atoms with Crippen molar-refractivity contribution < 1.29 is 0 Å². The van der Waals surface area contributed by atoms with Crippen LogP contribution < -0.4 is 5.32 Å². The highest BCUT2D eigenvalue weighted by Crippen LogP contribution is 2.28. The summed E-state index contributed by atoms with van der Waals surface area (Å²) in [6.45, 7) is 5.96. The van der Waals surface area contributed by atoms with Crippen LogP contribution >= 0.6 is 11.3 Å². The second-order valence-electron chi connectivity index (χ2n) is 5.75. The Balaban J connectivity index is 1.44. The Morgan fingerprint density at radius 2 is 2.17 bits per heavy atom. The third-order valence-electron chi connectivity index (χ3n) is 4.35. The van der Waals surface area contributed by atoms with Gasteiger partial charge in [0.05, 0.1) is 17.2 Å². The number of thiazole rings is 1. The van der Waals surface area contributed by atoms with Crippen LogP contribution in [0.15, 0.2) is 10.9 Å². The van der Waals surface area contributed by atoms with E-state index >= 15 is 0 Å². The second kappa shape index (κ2) is 5.68. The van der Waals surface area contributed by atoms with Gasteiger partial charge in [-0.3, -0.25) is 4.90 Å². The Labute approximate surface area is 114 Å². The Kier molecular flexibility index (Phi) is 3.97. The molecular formula is C14H23N3S. The summed E-state index contributed by atoms with van der Waals surface area (Å²) in [5.74, 6) is 0.997. The molecule has 1 aliphatic carbocycles. The maximum atomic E-state index is 4.44. The molecule has 1 saturated carbocycles. The standard InChI is InChI=1S/C14H23N3S/c1-11(14-9-18-10-16-14)17-6-4-13(5-7-17)15-8-12-2-3-12/h9-13,15H,2-8H2,1H3. The Morgan fingerprint density at radius 1 is 1.39 bits per heavy atom. The van der Waals surface area contributed by atoms with Crippen molar-refractivity contribution in [2.45, 2.75) is 44.7 Å². The molecule has 3 rings (SSSR count). The van der Waals surface area contributed by atoms with Crippen molar-refractivity contribution in [1.29, 1.82) is 0 Å². The van der Waals surface area contributed by atoms with E-state index in [1.165, 1.54) is 51.0 Å². The van der Waals surface area contributed by atoms with Gasteiger partial charge in [-0.1, -0.05) is 0 Å². The largest absolute Gasteiger partial charge is 0.314 e. The number of rotatable bonds is 5. The molecule has 1 aromatic heterocycles. The topological polar surface area (TPSA) is 28.2 Å². The number of hydrogen-bond acceptors (Lipinski definition) is 4. The van der Waals surface area contributed by atoms with Crippen molar-refractivity contribution in [1.82, 2.24) is 15.2 Å². The Bertz CT molecular complexity index is 353. The van der Waals surface area contributed by atoms with E-state index in [0.29, 0.717) is 6.04 Å². The molecule has 0 radical (unpaired) electrons. The van der Waals surface area contributed by atoms with Crippen LogP contribution in [0.25, 0.3) is 0 Å². The molecular weight excluding hydrogens is 242 g/mol. The van der Waals surface area contributed by atoms with Crippen LogP contribution in [0.2, 0.25) is 0 Å². The average molecular weight is 265 g/mol. The first-order valence-corrected chi connectivity index (χ1v) is 8.12. The zero-order valence-electron chi connectivity index (χ0n) is 11.1. The third-order valence-corrected chi connectivity index (χ3v) is 4.95. The van der Waals surface area contributed by atoms with Crippen molar-refractivity contribution in [2.75, 3.05) is 19.6 Å². The number of aromatic nitrogens is 1. The predicted molar refractivity (Wildman–Crippen MR) is 75.9 cm³/mol. The molecule has 1 N–H and O–H groups in total. The fourth-order valence-corrected chi connectivity index (χ4v) is 3.40. The molecule has 2 fully saturated rings. The van der Waals surface area contributed by atoms with Crippen LogP contribution in [0.5, 0.6) is 0 Å². The summed E-state index contributed by atoms with van der Waals surface area (Å²) in [5, 5.41) is 5.92. The van der Waals surface area contributed by atoms with Gasteiger partial charge in [-0.15, -0.1) is 11.3 Å². The SMILES string of the molecule is CC(c1cscn1)N1CCC(NCC2CC2)CC1. The normalized spacial score (nSPS) is 24.3. The molecule has 18 heavy (non-hydrogen) atoms. The van der Waals surface area contributed by atoms with Crippen LogP contribution in [0.4, 0.5) is 0 Å². The zero-order chi connectivity index (χ0) is 12.4. The van der Waals surface area contributed by atoms with Gasteiger partial charge in [-0.25, -0.2) is 4.98 Å². The van der Waals surface area contributed by atoms with Gasteiger partial charge in [0.2, 0.25) is 0 Å². The van der Waals surface area contributed by atoms with E-state index in [1.807, 2.05) is 5.51 Å². The van der Waals surface area contributed by atoms with Gasteiger partial charge in [-0.05, 0) is 45.1 Å². The smallest absolute Gasteiger partial charge is 0.0795 e. The second-order valence-corrected chi connectivity index (χ2v) is 6.47. The molecule has 2 heterocycles. The molecule has 0 spiro atoms. The quantitative estimate of drug-likeness (QED) is 0.887. The average Bonchev–Trinajstić information content (AvgIpc) is 3.08. The molecule has 1 aliphatic heterocycles. The van der Waals surface area contributed by atoms with Gasteiger partial charge in [0.15, 0.2) is 0 Å². The molecule has 3 nitrogen and oxygen atoms in total. The molecule has 1 aromatic rings. The number of piperidine rings is 1. The number of nitrogens with zero attached hydrogens (tertiary/aromatic N) is 2. The fraction of sp³-hybridized carbons (Fsp3) is 0.786. The molecule has 1 atom stereocenters. The number of likely N-dealkylation sites (tertiary alicyclic amines) is 1. The lowest BCUT2D eigenvalue weighted by atomic mass is 10.0. The molecule has 1 saturated heterocycles. The van der Waals surface area contributed by atoms with E-state index in [-0.39, 0.29) is 0 Å². The van der Waals surface area contributed by atoms with Crippen LogP contribution in [0, 0.1) is 5.92 Å². The van der Waals surface area contributed by atoms with Gasteiger partial charge in [0.25, 0.3) is 0 Å². The molecule has 2 aliphatic rings. The first-order valence-electron chi connectivity index (χ1n) is 7.18. The molecule has 100 valence electrons. The lowest BCUT2D eigenvalue weighted by molar-refractivity contribution is 0.150. The van der Waals surface area contributed by atoms with E-state index < -0.39 is 0 Å². The lowest BCUT2D eigenvalue weighted by Crippen LogP contribution is -2.43. The van der Waals surface area contributed by atoms with Gasteiger partial charge >= 0.3 is 0 Å². The molecule has 0 bridgehead atoms. The maximum absolute atomic E-state index is 4.44. The molecule has 4 heteroatoms. The monoisotopic (exact) mass is 265 g/mol. The minimum atomic E-state index is 0.487. The molecule has 1 unspecified atom stereocenters. The summed E-state index contributed by atoms with van der Waals surface area (Å²) >= 11 is 1.70. The summed E-state index contributed by atoms with van der Waals surface area (Å²) in [5.41, 5.74) is 3.18. The van der Waals surface area contributed by atoms with Crippen LogP contribution in [0.3, 0.4) is 0 Å². The zero-order valence-corrected chi connectivity index (χ0v) is 12.0. The number of hydrogen-bond donors (Lipinski definition) is 1. The van der Waals surface area contributed by atoms with Crippen molar-refractivity contribution in [3.8, 4) is 0 Å². The molecule has 0 amide bonds.